The van der Waals surface area contributed by atoms with Gasteiger partial charge in [0.1, 0.15) is 4.60 Å². The average Bonchev–Trinajstić information content (AvgIpc) is 1.86. The van der Waals surface area contributed by atoms with Gasteiger partial charge in [0.05, 0.1) is 0 Å². The lowest BCUT2D eigenvalue weighted by molar-refractivity contribution is 0.404. The highest BCUT2D eigenvalue weighted by molar-refractivity contribution is 9.10. The van der Waals surface area contributed by atoms with Crippen molar-refractivity contribution < 1.29 is 4.39 Å². The fraction of sp³-hybridized carbons (Fsp3) is 0.167. The monoisotopic (exact) mass is 257 g/mol. The second-order valence-corrected chi connectivity index (χ2v) is 3.91. The topological polar surface area (TPSA) is 12.9 Å². The second-order valence-electron chi connectivity index (χ2n) is 1.87. The van der Waals surface area contributed by atoms with E-state index in [0.717, 1.165) is 0 Å². The van der Waals surface area contributed by atoms with Gasteiger partial charge in [0, 0.05) is 11.8 Å². The SMILES string of the molecule is FC(Cl)(Cl)c1ccc(Br)nc1. The number of hydrogen-bond donors (Lipinski definition) is 0. The molecule has 0 saturated heterocycles. The van der Waals surface area contributed by atoms with Crippen molar-refractivity contribution >= 4 is 39.1 Å². The molecule has 0 saturated carbocycles. The van der Waals surface area contributed by atoms with Gasteiger partial charge in [-0.05, 0) is 28.1 Å². The Hall–Kier alpha value is 0.140. The number of aromatic nitrogens is 1. The molecule has 0 amide bonds. The first-order chi connectivity index (χ1) is 5.00. The van der Waals surface area contributed by atoms with Crippen molar-refractivity contribution in [2.45, 2.75) is 4.59 Å². The minimum absolute atomic E-state index is 0.129. The van der Waals surface area contributed by atoms with Crippen LogP contribution < -0.4 is 0 Å². The Morgan fingerprint density at radius 3 is 2.45 bits per heavy atom. The molecule has 1 heterocycles. The molecule has 0 aromatic carbocycles. The van der Waals surface area contributed by atoms with Crippen LogP contribution in [0.4, 0.5) is 4.39 Å². The second kappa shape index (κ2) is 3.25. The quantitative estimate of drug-likeness (QED) is 0.556. The predicted octanol–water partition coefficient (Wildman–Crippen LogP) is 3.40. The van der Waals surface area contributed by atoms with Crippen LogP contribution in [0.5, 0.6) is 0 Å². The standard InChI is InChI=1S/C6H3BrCl2FN/c7-5-2-1-4(3-11-5)6(8,9)10/h1-3H. The first-order valence-corrected chi connectivity index (χ1v) is 4.24. The summed E-state index contributed by atoms with van der Waals surface area (Å²) < 4.78 is 11.0. The van der Waals surface area contributed by atoms with Crippen LogP contribution >= 0.6 is 39.1 Å². The third-order valence-corrected chi connectivity index (χ3v) is 1.96. The minimum Gasteiger partial charge on any atom is -0.249 e. The normalized spacial score (nSPS) is 11.6. The summed E-state index contributed by atoms with van der Waals surface area (Å²) in [4.78, 5) is 3.75. The zero-order valence-electron chi connectivity index (χ0n) is 5.19. The van der Waals surface area contributed by atoms with Gasteiger partial charge in [-0.15, -0.1) is 0 Å². The van der Waals surface area contributed by atoms with E-state index in [1.807, 2.05) is 0 Å². The molecule has 0 aliphatic carbocycles. The van der Waals surface area contributed by atoms with Crippen molar-refractivity contribution in [1.29, 1.82) is 0 Å². The van der Waals surface area contributed by atoms with Gasteiger partial charge in [-0.25, -0.2) is 9.37 Å². The molecule has 0 unspecified atom stereocenters. The molecule has 0 atom stereocenters. The highest BCUT2D eigenvalue weighted by Crippen LogP contribution is 2.34. The molecular weight excluding hydrogens is 256 g/mol. The van der Waals surface area contributed by atoms with Gasteiger partial charge in [0.2, 0.25) is 0 Å². The van der Waals surface area contributed by atoms with Crippen molar-refractivity contribution in [1.82, 2.24) is 4.98 Å². The molecule has 1 aromatic heterocycles. The van der Waals surface area contributed by atoms with Crippen LogP contribution in [0.15, 0.2) is 22.9 Å². The highest BCUT2D eigenvalue weighted by atomic mass is 79.9. The molecule has 60 valence electrons. The maximum absolute atomic E-state index is 12.7. The molecule has 0 aliphatic rings. The largest absolute Gasteiger partial charge is 0.284 e. The molecule has 0 N–H and O–H groups in total. The predicted molar refractivity (Wildman–Crippen MR) is 46.4 cm³/mol. The molecule has 11 heavy (non-hydrogen) atoms. The summed E-state index contributed by atoms with van der Waals surface area (Å²) in [6, 6.07) is 3.02. The Morgan fingerprint density at radius 1 is 1.45 bits per heavy atom. The maximum atomic E-state index is 12.7. The molecule has 1 aromatic rings. The molecule has 0 bridgehead atoms. The first kappa shape index (κ1) is 9.23. The van der Waals surface area contributed by atoms with Crippen LogP contribution in [0.2, 0.25) is 0 Å². The van der Waals surface area contributed by atoms with Crippen LogP contribution in [0, 0.1) is 0 Å². The zero-order valence-corrected chi connectivity index (χ0v) is 8.29. The zero-order chi connectivity index (χ0) is 8.48. The van der Waals surface area contributed by atoms with E-state index in [0.29, 0.717) is 4.60 Å². The highest BCUT2D eigenvalue weighted by Gasteiger charge is 2.25. The molecular formula is C6H3BrCl2FN. The van der Waals surface area contributed by atoms with E-state index < -0.39 is 4.59 Å². The van der Waals surface area contributed by atoms with Gasteiger partial charge in [0.15, 0.2) is 0 Å². The number of hydrogen-bond acceptors (Lipinski definition) is 1. The average molecular weight is 259 g/mol. The number of rotatable bonds is 1. The van der Waals surface area contributed by atoms with E-state index in [1.54, 1.807) is 6.07 Å². The summed E-state index contributed by atoms with van der Waals surface area (Å²) in [6.07, 6.45) is 1.27. The van der Waals surface area contributed by atoms with Gasteiger partial charge < -0.3 is 0 Å². The summed E-state index contributed by atoms with van der Waals surface area (Å²) in [7, 11) is 0. The Labute approximate surface area is 81.7 Å². The summed E-state index contributed by atoms with van der Waals surface area (Å²) >= 11 is 13.4. The fourth-order valence-corrected chi connectivity index (χ4v) is 1.00. The van der Waals surface area contributed by atoms with Crippen molar-refractivity contribution in [2.24, 2.45) is 0 Å². The Kier molecular flexibility index (Phi) is 2.73. The van der Waals surface area contributed by atoms with Gasteiger partial charge in [0.25, 0.3) is 4.59 Å². The van der Waals surface area contributed by atoms with Crippen molar-refractivity contribution in [3.63, 3.8) is 0 Å². The molecule has 1 nitrogen and oxygen atoms in total. The van der Waals surface area contributed by atoms with E-state index in [9.17, 15) is 4.39 Å². The van der Waals surface area contributed by atoms with Gasteiger partial charge in [-0.2, -0.15) is 0 Å². The van der Waals surface area contributed by atoms with Crippen molar-refractivity contribution in [3.8, 4) is 0 Å². The van der Waals surface area contributed by atoms with Gasteiger partial charge in [-0.3, -0.25) is 0 Å². The molecule has 0 spiro atoms. The van der Waals surface area contributed by atoms with E-state index in [2.05, 4.69) is 20.9 Å². The smallest absolute Gasteiger partial charge is 0.249 e. The third-order valence-electron chi connectivity index (χ3n) is 1.05. The lowest BCUT2D eigenvalue weighted by atomic mass is 10.3. The first-order valence-electron chi connectivity index (χ1n) is 2.69. The summed E-state index contributed by atoms with van der Waals surface area (Å²) in [5.74, 6) is 0. The minimum atomic E-state index is -2.35. The Balaban J connectivity index is 2.99. The Bertz CT molecular complexity index is 244. The fourth-order valence-electron chi connectivity index (χ4n) is 0.544. The number of pyridine rings is 1. The van der Waals surface area contributed by atoms with Gasteiger partial charge in [-0.1, -0.05) is 23.2 Å². The van der Waals surface area contributed by atoms with E-state index in [4.69, 9.17) is 23.2 Å². The maximum Gasteiger partial charge on any atom is 0.284 e. The van der Waals surface area contributed by atoms with E-state index in [-0.39, 0.29) is 5.56 Å². The number of nitrogens with zero attached hydrogens (tertiary/aromatic N) is 1. The van der Waals surface area contributed by atoms with Crippen molar-refractivity contribution in [3.05, 3.63) is 28.5 Å². The van der Waals surface area contributed by atoms with Crippen LogP contribution in [0.1, 0.15) is 5.56 Å². The Morgan fingerprint density at radius 2 is 2.09 bits per heavy atom. The third kappa shape index (κ3) is 2.58. The van der Waals surface area contributed by atoms with E-state index >= 15 is 0 Å². The van der Waals surface area contributed by atoms with Crippen LogP contribution in [-0.2, 0) is 4.59 Å². The summed E-state index contributed by atoms with van der Waals surface area (Å²) in [5.41, 5.74) is 0.129. The lowest BCUT2D eigenvalue weighted by Gasteiger charge is -2.07. The number of alkyl halides is 3. The summed E-state index contributed by atoms with van der Waals surface area (Å²) in [6.45, 7) is 0. The molecule has 5 heteroatoms. The molecule has 0 radical (unpaired) electrons. The number of halogens is 4. The lowest BCUT2D eigenvalue weighted by Crippen LogP contribution is -2.01. The van der Waals surface area contributed by atoms with E-state index in [1.165, 1.54) is 12.3 Å². The molecule has 0 fully saturated rings. The van der Waals surface area contributed by atoms with Crippen LogP contribution in [0.25, 0.3) is 0 Å². The van der Waals surface area contributed by atoms with Crippen molar-refractivity contribution in [2.75, 3.05) is 0 Å². The molecule has 1 rings (SSSR count). The summed E-state index contributed by atoms with van der Waals surface area (Å²) in [5, 5.41) is 0. The van der Waals surface area contributed by atoms with Crippen LogP contribution in [-0.4, -0.2) is 4.98 Å². The molecule has 0 aliphatic heterocycles. The van der Waals surface area contributed by atoms with Crippen LogP contribution in [0.3, 0.4) is 0 Å². The van der Waals surface area contributed by atoms with Gasteiger partial charge >= 0.3 is 0 Å².